The van der Waals surface area contributed by atoms with Gasteiger partial charge in [-0.3, -0.25) is 0 Å². The van der Waals surface area contributed by atoms with E-state index >= 15 is 0 Å². The molecule has 3 atom stereocenters. The highest BCUT2D eigenvalue weighted by molar-refractivity contribution is 9.10. The van der Waals surface area contributed by atoms with Crippen LogP contribution in [-0.4, -0.2) is 26.3 Å². The van der Waals surface area contributed by atoms with E-state index in [-0.39, 0.29) is 6.04 Å². The summed E-state index contributed by atoms with van der Waals surface area (Å²) in [5.41, 5.74) is 8.89. The van der Waals surface area contributed by atoms with Crippen molar-refractivity contribution in [1.29, 1.82) is 0 Å². The maximum absolute atomic E-state index is 6.39. The maximum Gasteiger partial charge on any atom is 0.0532 e. The standard InChI is InChI=1S/C13H17BrN2O/c1-16-11-4-5-17-7-10(11)13(15)9-3-2-8(14)6-12(9)16/h2-3,6,10-11,13H,4-5,7,15H2,1H3. The summed E-state index contributed by atoms with van der Waals surface area (Å²) in [6.45, 7) is 1.63. The lowest BCUT2D eigenvalue weighted by molar-refractivity contribution is 0.0272. The van der Waals surface area contributed by atoms with Crippen molar-refractivity contribution in [3.63, 3.8) is 0 Å². The average Bonchev–Trinajstić information content (AvgIpc) is 2.36. The first-order valence-corrected chi connectivity index (χ1v) is 6.83. The van der Waals surface area contributed by atoms with E-state index in [4.69, 9.17) is 10.5 Å². The van der Waals surface area contributed by atoms with Gasteiger partial charge >= 0.3 is 0 Å². The molecule has 3 unspecified atom stereocenters. The van der Waals surface area contributed by atoms with E-state index in [0.29, 0.717) is 12.0 Å². The van der Waals surface area contributed by atoms with Crippen molar-refractivity contribution >= 4 is 21.6 Å². The number of nitrogens with zero attached hydrogens (tertiary/aromatic N) is 1. The summed E-state index contributed by atoms with van der Waals surface area (Å²) in [6.07, 6.45) is 1.07. The number of anilines is 1. The Kier molecular flexibility index (Phi) is 2.89. The van der Waals surface area contributed by atoms with Gasteiger partial charge in [-0.05, 0) is 24.1 Å². The number of ether oxygens (including phenoxy) is 1. The van der Waals surface area contributed by atoms with E-state index in [0.717, 1.165) is 24.1 Å². The van der Waals surface area contributed by atoms with Crippen molar-refractivity contribution in [3.8, 4) is 0 Å². The van der Waals surface area contributed by atoms with Gasteiger partial charge in [0.25, 0.3) is 0 Å². The molecule has 3 rings (SSSR count). The zero-order valence-corrected chi connectivity index (χ0v) is 11.5. The molecule has 0 amide bonds. The molecule has 0 aromatic heterocycles. The first-order valence-electron chi connectivity index (χ1n) is 6.04. The number of fused-ring (bicyclic) bond motifs is 2. The molecule has 2 heterocycles. The first kappa shape index (κ1) is 11.5. The van der Waals surface area contributed by atoms with Crippen molar-refractivity contribution < 1.29 is 4.74 Å². The summed E-state index contributed by atoms with van der Waals surface area (Å²) in [7, 11) is 2.17. The normalized spacial score (nSPS) is 31.9. The van der Waals surface area contributed by atoms with Gasteiger partial charge in [-0.2, -0.15) is 0 Å². The molecule has 17 heavy (non-hydrogen) atoms. The summed E-state index contributed by atoms with van der Waals surface area (Å²) < 4.78 is 6.69. The molecule has 1 saturated heterocycles. The Morgan fingerprint density at radius 2 is 2.29 bits per heavy atom. The predicted molar refractivity (Wildman–Crippen MR) is 72.2 cm³/mol. The summed E-state index contributed by atoms with van der Waals surface area (Å²) in [6, 6.07) is 6.98. The summed E-state index contributed by atoms with van der Waals surface area (Å²) in [4.78, 5) is 2.37. The van der Waals surface area contributed by atoms with E-state index in [1.165, 1.54) is 11.3 Å². The minimum absolute atomic E-state index is 0.0969. The van der Waals surface area contributed by atoms with Gasteiger partial charge in [0.2, 0.25) is 0 Å². The van der Waals surface area contributed by atoms with Crippen molar-refractivity contribution in [2.24, 2.45) is 11.7 Å². The molecule has 2 aliphatic rings. The first-order chi connectivity index (χ1) is 8.18. The number of halogens is 1. The van der Waals surface area contributed by atoms with Crippen LogP contribution in [-0.2, 0) is 4.74 Å². The van der Waals surface area contributed by atoms with Crippen LogP contribution >= 0.6 is 15.9 Å². The van der Waals surface area contributed by atoms with Crippen LogP contribution in [0.3, 0.4) is 0 Å². The molecule has 3 nitrogen and oxygen atoms in total. The smallest absolute Gasteiger partial charge is 0.0532 e. The largest absolute Gasteiger partial charge is 0.381 e. The fourth-order valence-electron chi connectivity index (χ4n) is 3.09. The highest BCUT2D eigenvalue weighted by Gasteiger charge is 2.39. The van der Waals surface area contributed by atoms with Crippen LogP contribution in [0, 0.1) is 5.92 Å². The number of hydrogen-bond acceptors (Lipinski definition) is 3. The van der Waals surface area contributed by atoms with Gasteiger partial charge in [-0.25, -0.2) is 0 Å². The zero-order chi connectivity index (χ0) is 12.0. The van der Waals surface area contributed by atoms with Gasteiger partial charge in [0.1, 0.15) is 0 Å². The van der Waals surface area contributed by atoms with Crippen LogP contribution in [0.5, 0.6) is 0 Å². The number of nitrogens with two attached hydrogens (primary N) is 1. The van der Waals surface area contributed by atoms with Crippen LogP contribution < -0.4 is 10.6 Å². The van der Waals surface area contributed by atoms with E-state index in [9.17, 15) is 0 Å². The van der Waals surface area contributed by atoms with Crippen molar-refractivity contribution in [2.75, 3.05) is 25.2 Å². The topological polar surface area (TPSA) is 38.5 Å². The van der Waals surface area contributed by atoms with Crippen LogP contribution in [0.15, 0.2) is 22.7 Å². The number of rotatable bonds is 0. The van der Waals surface area contributed by atoms with Gasteiger partial charge < -0.3 is 15.4 Å². The highest BCUT2D eigenvalue weighted by Crippen LogP contribution is 2.42. The Morgan fingerprint density at radius 3 is 3.12 bits per heavy atom. The molecule has 0 spiro atoms. The van der Waals surface area contributed by atoms with E-state index in [1.807, 2.05) is 0 Å². The Bertz CT molecular complexity index is 437. The second kappa shape index (κ2) is 4.26. The van der Waals surface area contributed by atoms with E-state index in [1.54, 1.807) is 0 Å². The summed E-state index contributed by atoms with van der Waals surface area (Å²) in [5.74, 6) is 0.419. The predicted octanol–water partition coefficient (Wildman–Crippen LogP) is 2.30. The second-order valence-corrected chi connectivity index (χ2v) is 5.85. The van der Waals surface area contributed by atoms with Gasteiger partial charge in [0, 0.05) is 41.8 Å². The monoisotopic (exact) mass is 296 g/mol. The quantitative estimate of drug-likeness (QED) is 0.798. The van der Waals surface area contributed by atoms with E-state index in [2.05, 4.69) is 46.1 Å². The fourth-order valence-corrected chi connectivity index (χ4v) is 3.43. The molecule has 1 fully saturated rings. The Morgan fingerprint density at radius 1 is 1.47 bits per heavy atom. The van der Waals surface area contributed by atoms with Gasteiger partial charge in [0.15, 0.2) is 0 Å². The van der Waals surface area contributed by atoms with Crippen LogP contribution in [0.1, 0.15) is 18.0 Å². The molecule has 0 radical (unpaired) electrons. The molecule has 0 saturated carbocycles. The lowest BCUT2D eigenvalue weighted by atomic mass is 9.80. The molecule has 2 N–H and O–H groups in total. The lowest BCUT2D eigenvalue weighted by Crippen LogP contribution is -2.51. The SMILES string of the molecule is CN1c2cc(Br)ccc2C(N)C2COCCC21. The Hall–Kier alpha value is -0.580. The van der Waals surface area contributed by atoms with Crippen LogP contribution in [0.25, 0.3) is 0 Å². The molecule has 2 aliphatic heterocycles. The average molecular weight is 297 g/mol. The lowest BCUT2D eigenvalue weighted by Gasteiger charge is -2.47. The van der Waals surface area contributed by atoms with Crippen LogP contribution in [0.4, 0.5) is 5.69 Å². The van der Waals surface area contributed by atoms with E-state index < -0.39 is 0 Å². The molecule has 1 aromatic rings. The third-order valence-electron chi connectivity index (χ3n) is 4.05. The van der Waals surface area contributed by atoms with Crippen molar-refractivity contribution in [3.05, 3.63) is 28.2 Å². The molecular weight excluding hydrogens is 280 g/mol. The molecular formula is C13H17BrN2O. The highest BCUT2D eigenvalue weighted by atomic mass is 79.9. The van der Waals surface area contributed by atoms with Crippen molar-refractivity contribution in [2.45, 2.75) is 18.5 Å². The zero-order valence-electron chi connectivity index (χ0n) is 9.90. The number of hydrogen-bond donors (Lipinski definition) is 1. The number of benzene rings is 1. The van der Waals surface area contributed by atoms with Gasteiger partial charge in [-0.1, -0.05) is 22.0 Å². The minimum atomic E-state index is 0.0969. The molecule has 0 bridgehead atoms. The van der Waals surface area contributed by atoms with Crippen LogP contribution in [0.2, 0.25) is 0 Å². The second-order valence-electron chi connectivity index (χ2n) is 4.93. The van der Waals surface area contributed by atoms with Gasteiger partial charge in [0.05, 0.1) is 6.61 Å². The third-order valence-corrected chi connectivity index (χ3v) is 4.55. The fraction of sp³-hybridized carbons (Fsp3) is 0.538. The van der Waals surface area contributed by atoms with Crippen molar-refractivity contribution in [1.82, 2.24) is 0 Å². The molecule has 1 aromatic carbocycles. The Labute approximate surface area is 110 Å². The van der Waals surface area contributed by atoms with Gasteiger partial charge in [-0.15, -0.1) is 0 Å². The Balaban J connectivity index is 2.07. The molecule has 4 heteroatoms. The minimum Gasteiger partial charge on any atom is -0.381 e. The maximum atomic E-state index is 6.39. The summed E-state index contributed by atoms with van der Waals surface area (Å²) >= 11 is 3.53. The summed E-state index contributed by atoms with van der Waals surface area (Å²) in [5, 5.41) is 0. The third kappa shape index (κ3) is 1.79. The molecule has 92 valence electrons. The molecule has 0 aliphatic carbocycles.